The summed E-state index contributed by atoms with van der Waals surface area (Å²) in [6, 6.07) is 20.5. The first-order chi connectivity index (χ1) is 12.7. The van der Waals surface area contributed by atoms with E-state index in [1.54, 1.807) is 12.1 Å². The molecule has 0 radical (unpaired) electrons. The lowest BCUT2D eigenvalue weighted by Crippen LogP contribution is -2.29. The van der Waals surface area contributed by atoms with Gasteiger partial charge in [0.1, 0.15) is 0 Å². The normalized spacial score (nSPS) is 13.5. The number of hydrogen-bond acceptors (Lipinski definition) is 3. The Hall–Kier alpha value is -2.98. The van der Waals surface area contributed by atoms with Crippen molar-refractivity contribution in [3.63, 3.8) is 0 Å². The van der Waals surface area contributed by atoms with Crippen LogP contribution in [-0.2, 0) is 19.4 Å². The molecule has 130 valence electrons. The highest BCUT2D eigenvalue weighted by Crippen LogP contribution is 2.22. The molecule has 0 saturated carbocycles. The van der Waals surface area contributed by atoms with Crippen molar-refractivity contribution in [2.24, 2.45) is 5.73 Å². The summed E-state index contributed by atoms with van der Waals surface area (Å²) in [6.07, 6.45) is 4.00. The number of nitrogens with one attached hydrogen (secondary N) is 1. The highest BCUT2D eigenvalue weighted by atomic mass is 16.1. The fourth-order valence-corrected chi connectivity index (χ4v) is 3.50. The molecule has 1 amide bonds. The second-order valence-electron chi connectivity index (χ2n) is 6.74. The SMILES string of the molecule is NC(=O)c1cccc(-c2ccc(CNC3Cc4ccccc4C3)nc2)c1. The molecule has 0 aliphatic heterocycles. The zero-order valence-electron chi connectivity index (χ0n) is 14.5. The third kappa shape index (κ3) is 3.51. The molecule has 0 fully saturated rings. The molecule has 1 heterocycles. The van der Waals surface area contributed by atoms with Gasteiger partial charge >= 0.3 is 0 Å². The van der Waals surface area contributed by atoms with E-state index in [0.717, 1.165) is 36.2 Å². The van der Waals surface area contributed by atoms with Crippen LogP contribution in [0.5, 0.6) is 0 Å². The maximum absolute atomic E-state index is 11.3. The van der Waals surface area contributed by atoms with E-state index in [4.69, 9.17) is 5.73 Å². The third-order valence-electron chi connectivity index (χ3n) is 4.93. The zero-order chi connectivity index (χ0) is 17.9. The van der Waals surface area contributed by atoms with Crippen molar-refractivity contribution >= 4 is 5.91 Å². The Morgan fingerprint density at radius 3 is 2.42 bits per heavy atom. The first-order valence-corrected chi connectivity index (χ1v) is 8.84. The van der Waals surface area contributed by atoms with Gasteiger partial charge in [-0.2, -0.15) is 0 Å². The fourth-order valence-electron chi connectivity index (χ4n) is 3.50. The lowest BCUT2D eigenvalue weighted by atomic mass is 10.0. The largest absolute Gasteiger partial charge is 0.366 e. The van der Waals surface area contributed by atoms with Crippen molar-refractivity contribution in [3.8, 4) is 11.1 Å². The Labute approximate surface area is 153 Å². The number of benzene rings is 2. The Morgan fingerprint density at radius 1 is 1.00 bits per heavy atom. The van der Waals surface area contributed by atoms with E-state index in [9.17, 15) is 4.79 Å². The Kier molecular flexibility index (Phi) is 4.50. The topological polar surface area (TPSA) is 68.0 Å². The first kappa shape index (κ1) is 16.5. The summed E-state index contributed by atoms with van der Waals surface area (Å²) in [7, 11) is 0. The minimum absolute atomic E-state index is 0.418. The molecule has 4 heteroatoms. The molecule has 1 aliphatic rings. The standard InChI is InChI=1S/C22H21N3O/c23-22(26)18-7-3-6-15(10-18)19-8-9-20(24-13-19)14-25-21-11-16-4-1-2-5-17(16)12-21/h1-10,13,21,25H,11-12,14H2,(H2,23,26). The molecular formula is C22H21N3O. The van der Waals surface area contributed by atoms with Gasteiger partial charge in [0.25, 0.3) is 0 Å². The monoisotopic (exact) mass is 343 g/mol. The Bertz CT molecular complexity index is 909. The van der Waals surface area contributed by atoms with Crippen LogP contribution in [0.1, 0.15) is 27.2 Å². The number of nitrogens with two attached hydrogens (primary N) is 1. The van der Waals surface area contributed by atoms with E-state index in [1.165, 1.54) is 11.1 Å². The summed E-state index contributed by atoms with van der Waals surface area (Å²) in [5, 5.41) is 3.60. The van der Waals surface area contributed by atoms with Crippen LogP contribution in [0.15, 0.2) is 66.9 Å². The molecule has 0 bridgehead atoms. The number of fused-ring (bicyclic) bond motifs is 1. The summed E-state index contributed by atoms with van der Waals surface area (Å²) in [4.78, 5) is 15.9. The van der Waals surface area contributed by atoms with E-state index >= 15 is 0 Å². The van der Waals surface area contributed by atoms with Crippen molar-refractivity contribution in [2.45, 2.75) is 25.4 Å². The van der Waals surface area contributed by atoms with Crippen LogP contribution in [0, 0.1) is 0 Å². The number of carbonyl (C=O) groups is 1. The highest BCUT2D eigenvalue weighted by molar-refractivity contribution is 5.94. The predicted octanol–water partition coefficient (Wildman–Crippen LogP) is 3.10. The van der Waals surface area contributed by atoms with E-state index < -0.39 is 5.91 Å². The molecule has 3 N–H and O–H groups in total. The average Bonchev–Trinajstić information content (AvgIpc) is 3.10. The second kappa shape index (κ2) is 7.10. The summed E-state index contributed by atoms with van der Waals surface area (Å²) >= 11 is 0. The van der Waals surface area contributed by atoms with E-state index in [-0.39, 0.29) is 0 Å². The van der Waals surface area contributed by atoms with Crippen LogP contribution < -0.4 is 11.1 Å². The lowest BCUT2D eigenvalue weighted by molar-refractivity contribution is 0.100. The minimum atomic E-state index is -0.418. The van der Waals surface area contributed by atoms with E-state index in [0.29, 0.717) is 11.6 Å². The van der Waals surface area contributed by atoms with Crippen molar-refractivity contribution in [3.05, 3.63) is 89.2 Å². The van der Waals surface area contributed by atoms with Gasteiger partial charge in [0, 0.05) is 29.9 Å². The molecule has 0 spiro atoms. The molecule has 0 atom stereocenters. The average molecular weight is 343 g/mol. The van der Waals surface area contributed by atoms with Crippen LogP contribution in [-0.4, -0.2) is 16.9 Å². The summed E-state index contributed by atoms with van der Waals surface area (Å²) < 4.78 is 0. The number of amides is 1. The molecular weight excluding hydrogens is 322 g/mol. The third-order valence-corrected chi connectivity index (χ3v) is 4.93. The summed E-state index contributed by atoms with van der Waals surface area (Å²) in [6.45, 7) is 0.750. The van der Waals surface area contributed by atoms with Crippen molar-refractivity contribution in [2.75, 3.05) is 0 Å². The number of pyridine rings is 1. The Morgan fingerprint density at radius 2 is 1.77 bits per heavy atom. The number of rotatable bonds is 5. The molecule has 0 saturated heterocycles. The van der Waals surface area contributed by atoms with Gasteiger partial charge in [0.05, 0.1) is 5.69 Å². The minimum Gasteiger partial charge on any atom is -0.366 e. The van der Waals surface area contributed by atoms with Crippen LogP contribution in [0.3, 0.4) is 0 Å². The van der Waals surface area contributed by atoms with Gasteiger partial charge in [-0.05, 0) is 47.7 Å². The van der Waals surface area contributed by atoms with Gasteiger partial charge in [-0.3, -0.25) is 9.78 Å². The van der Waals surface area contributed by atoms with Gasteiger partial charge in [0.2, 0.25) is 5.91 Å². The van der Waals surface area contributed by atoms with E-state index in [1.807, 2.05) is 30.5 Å². The van der Waals surface area contributed by atoms with Gasteiger partial charge in [-0.1, -0.05) is 42.5 Å². The van der Waals surface area contributed by atoms with Gasteiger partial charge < -0.3 is 11.1 Å². The van der Waals surface area contributed by atoms with Crippen molar-refractivity contribution in [1.82, 2.24) is 10.3 Å². The Balaban J connectivity index is 1.39. The first-order valence-electron chi connectivity index (χ1n) is 8.84. The summed E-state index contributed by atoms with van der Waals surface area (Å²) in [5.41, 5.74) is 11.7. The second-order valence-corrected chi connectivity index (χ2v) is 6.74. The quantitative estimate of drug-likeness (QED) is 0.748. The molecule has 0 unspecified atom stereocenters. The molecule has 2 aromatic carbocycles. The maximum atomic E-state index is 11.3. The van der Waals surface area contributed by atoms with Crippen LogP contribution in [0.2, 0.25) is 0 Å². The highest BCUT2D eigenvalue weighted by Gasteiger charge is 2.20. The zero-order valence-corrected chi connectivity index (χ0v) is 14.5. The smallest absolute Gasteiger partial charge is 0.248 e. The van der Waals surface area contributed by atoms with Gasteiger partial charge in [0.15, 0.2) is 0 Å². The van der Waals surface area contributed by atoms with Crippen LogP contribution in [0.4, 0.5) is 0 Å². The van der Waals surface area contributed by atoms with Crippen LogP contribution in [0.25, 0.3) is 11.1 Å². The number of primary amides is 1. The van der Waals surface area contributed by atoms with Crippen molar-refractivity contribution in [1.29, 1.82) is 0 Å². The lowest BCUT2D eigenvalue weighted by Gasteiger charge is -2.12. The van der Waals surface area contributed by atoms with Crippen molar-refractivity contribution < 1.29 is 4.79 Å². The predicted molar refractivity (Wildman–Crippen MR) is 103 cm³/mol. The van der Waals surface area contributed by atoms with Gasteiger partial charge in [-0.15, -0.1) is 0 Å². The molecule has 26 heavy (non-hydrogen) atoms. The molecule has 4 rings (SSSR count). The number of nitrogens with zero attached hydrogens (tertiary/aromatic N) is 1. The number of hydrogen-bond donors (Lipinski definition) is 2. The number of carbonyl (C=O) groups excluding carboxylic acids is 1. The molecule has 1 aromatic heterocycles. The fraction of sp³-hybridized carbons (Fsp3) is 0.182. The van der Waals surface area contributed by atoms with E-state index in [2.05, 4.69) is 34.6 Å². The van der Waals surface area contributed by atoms with Crippen LogP contribution >= 0.6 is 0 Å². The van der Waals surface area contributed by atoms with Gasteiger partial charge in [-0.25, -0.2) is 0 Å². The summed E-state index contributed by atoms with van der Waals surface area (Å²) in [5.74, 6) is -0.418. The molecule has 1 aliphatic carbocycles. The molecule has 3 aromatic rings. The number of aromatic nitrogens is 1. The molecule has 4 nitrogen and oxygen atoms in total. The maximum Gasteiger partial charge on any atom is 0.248 e.